The molecule has 2 heterocycles. The molecular formula is C17H18N2O4S2. The highest BCUT2D eigenvalue weighted by Crippen LogP contribution is 2.47. The minimum atomic E-state index is -1.05. The Morgan fingerprint density at radius 1 is 1.36 bits per heavy atom. The van der Waals surface area contributed by atoms with Gasteiger partial charge in [-0.1, -0.05) is 18.2 Å². The predicted octanol–water partition coefficient (Wildman–Crippen LogP) is 3.72. The van der Waals surface area contributed by atoms with Crippen molar-refractivity contribution in [3.05, 3.63) is 61.8 Å². The number of nitro groups is 1. The van der Waals surface area contributed by atoms with Crippen molar-refractivity contribution in [2.75, 3.05) is 17.3 Å². The molecule has 0 bridgehead atoms. The highest BCUT2D eigenvalue weighted by atomic mass is 32.2. The zero-order valence-electron chi connectivity index (χ0n) is 13.7. The van der Waals surface area contributed by atoms with Crippen LogP contribution in [0.15, 0.2) is 46.1 Å². The van der Waals surface area contributed by atoms with Crippen LogP contribution in [0.1, 0.15) is 24.8 Å². The normalized spacial score (nSPS) is 21.1. The van der Waals surface area contributed by atoms with Crippen LogP contribution in [0.25, 0.3) is 0 Å². The lowest BCUT2D eigenvalue weighted by molar-refractivity contribution is -0.385. The van der Waals surface area contributed by atoms with Crippen LogP contribution in [0.4, 0.5) is 5.69 Å². The molecule has 0 saturated carbocycles. The van der Waals surface area contributed by atoms with Crippen LogP contribution in [0.3, 0.4) is 0 Å². The Balaban J connectivity index is 2.21. The maximum Gasteiger partial charge on any atom is 0.334 e. The van der Waals surface area contributed by atoms with Crippen molar-refractivity contribution in [3.8, 4) is 0 Å². The lowest BCUT2D eigenvalue weighted by Crippen LogP contribution is -2.30. The Kier molecular flexibility index (Phi) is 5.39. The number of hydrogen-bond acceptors (Lipinski definition) is 6. The third-order valence-electron chi connectivity index (χ3n) is 4.20. The van der Waals surface area contributed by atoms with Crippen LogP contribution in [0.5, 0.6) is 0 Å². The summed E-state index contributed by atoms with van der Waals surface area (Å²) in [5.41, 5.74) is 2.11. The van der Waals surface area contributed by atoms with E-state index in [1.807, 2.05) is 0 Å². The van der Waals surface area contributed by atoms with Crippen LogP contribution in [0.2, 0.25) is 0 Å². The summed E-state index contributed by atoms with van der Waals surface area (Å²) < 4.78 is 0. The van der Waals surface area contributed by atoms with E-state index in [0.717, 1.165) is 34.3 Å². The largest absolute Gasteiger partial charge is 0.478 e. The molecule has 0 saturated heterocycles. The summed E-state index contributed by atoms with van der Waals surface area (Å²) in [5.74, 6) is 1.02. The smallest absolute Gasteiger partial charge is 0.334 e. The number of carbonyl (C=O) groups is 1. The fourth-order valence-corrected chi connectivity index (χ4v) is 5.57. The van der Waals surface area contributed by atoms with Crippen molar-refractivity contribution >= 4 is 35.2 Å². The van der Waals surface area contributed by atoms with E-state index in [1.165, 1.54) is 6.07 Å². The van der Waals surface area contributed by atoms with Gasteiger partial charge in [-0.15, -0.1) is 11.8 Å². The van der Waals surface area contributed by atoms with Crippen LogP contribution < -0.4 is 5.32 Å². The first kappa shape index (κ1) is 17.9. The van der Waals surface area contributed by atoms with E-state index in [1.54, 1.807) is 48.6 Å². The topological polar surface area (TPSA) is 92.5 Å². The Morgan fingerprint density at radius 3 is 2.84 bits per heavy atom. The van der Waals surface area contributed by atoms with Gasteiger partial charge in [-0.3, -0.25) is 10.1 Å². The number of nitrogens with zero attached hydrogens (tertiary/aromatic N) is 1. The lowest BCUT2D eigenvalue weighted by Gasteiger charge is -2.32. The summed E-state index contributed by atoms with van der Waals surface area (Å²) in [6.07, 6.45) is 1.03. The summed E-state index contributed by atoms with van der Waals surface area (Å²) in [4.78, 5) is 23.9. The minimum Gasteiger partial charge on any atom is -0.478 e. The number of rotatable bonds is 3. The van der Waals surface area contributed by atoms with Crippen LogP contribution >= 0.6 is 23.5 Å². The monoisotopic (exact) mass is 378 g/mol. The molecule has 8 heteroatoms. The van der Waals surface area contributed by atoms with Crippen molar-refractivity contribution in [2.24, 2.45) is 0 Å². The van der Waals surface area contributed by atoms with Gasteiger partial charge in [-0.05, 0) is 24.9 Å². The molecule has 0 aliphatic carbocycles. The van der Waals surface area contributed by atoms with Crippen molar-refractivity contribution in [3.63, 3.8) is 0 Å². The molecule has 6 nitrogen and oxygen atoms in total. The molecular weight excluding hydrogens is 360 g/mol. The van der Waals surface area contributed by atoms with Crippen LogP contribution in [-0.4, -0.2) is 33.3 Å². The first-order valence-electron chi connectivity index (χ1n) is 7.88. The van der Waals surface area contributed by atoms with Gasteiger partial charge in [0, 0.05) is 33.7 Å². The van der Waals surface area contributed by atoms with E-state index in [2.05, 4.69) is 5.32 Å². The summed E-state index contributed by atoms with van der Waals surface area (Å²) in [6.45, 7) is 1.73. The molecule has 1 atom stereocenters. The van der Waals surface area contributed by atoms with E-state index in [-0.39, 0.29) is 11.3 Å². The fourth-order valence-electron chi connectivity index (χ4n) is 3.15. The molecule has 3 rings (SSSR count). The molecule has 0 amide bonds. The maximum atomic E-state index is 12.0. The van der Waals surface area contributed by atoms with Gasteiger partial charge in [-0.25, -0.2) is 4.79 Å². The molecule has 0 aromatic heterocycles. The van der Waals surface area contributed by atoms with Crippen LogP contribution in [0, 0.1) is 10.1 Å². The molecule has 132 valence electrons. The van der Waals surface area contributed by atoms with Crippen molar-refractivity contribution in [1.82, 2.24) is 5.32 Å². The van der Waals surface area contributed by atoms with Gasteiger partial charge in [0.1, 0.15) is 0 Å². The summed E-state index contributed by atoms with van der Waals surface area (Å²) in [6, 6.07) is 6.44. The second kappa shape index (κ2) is 7.53. The Morgan fingerprint density at radius 2 is 2.12 bits per heavy atom. The zero-order chi connectivity index (χ0) is 18.0. The SMILES string of the molecule is CC1=C(C(=O)O)C(c2ccccc2[N+](=O)[O-])C2=C(CSCCCS2)N1. The average molecular weight is 378 g/mol. The number of nitrogens with one attached hydrogen (secondary N) is 1. The maximum absolute atomic E-state index is 12.0. The number of allylic oxidation sites excluding steroid dienone is 2. The first-order valence-corrected chi connectivity index (χ1v) is 10.0. The van der Waals surface area contributed by atoms with Gasteiger partial charge >= 0.3 is 5.97 Å². The lowest BCUT2D eigenvalue weighted by atomic mass is 9.85. The number of benzene rings is 1. The Labute approximate surface area is 153 Å². The molecule has 2 aliphatic heterocycles. The second-order valence-corrected chi connectivity index (χ2v) is 8.06. The highest BCUT2D eigenvalue weighted by molar-refractivity contribution is 8.03. The summed E-state index contributed by atoms with van der Waals surface area (Å²) in [7, 11) is 0. The predicted molar refractivity (Wildman–Crippen MR) is 101 cm³/mol. The number of hydrogen-bond donors (Lipinski definition) is 2. The van der Waals surface area contributed by atoms with Crippen LogP contribution in [-0.2, 0) is 4.79 Å². The first-order chi connectivity index (χ1) is 12.0. The summed E-state index contributed by atoms with van der Waals surface area (Å²) >= 11 is 3.41. The fraction of sp³-hybridized carbons (Fsp3) is 0.353. The van der Waals surface area contributed by atoms with E-state index in [0.29, 0.717) is 11.3 Å². The van der Waals surface area contributed by atoms with Crippen molar-refractivity contribution in [1.29, 1.82) is 0 Å². The quantitative estimate of drug-likeness (QED) is 0.611. The van der Waals surface area contributed by atoms with Gasteiger partial charge in [-0.2, -0.15) is 11.8 Å². The number of dihydropyridines is 1. The Hall–Kier alpha value is -1.93. The summed E-state index contributed by atoms with van der Waals surface area (Å²) in [5, 5.41) is 24.5. The zero-order valence-corrected chi connectivity index (χ0v) is 15.3. The Bertz CT molecular complexity index is 789. The highest BCUT2D eigenvalue weighted by Gasteiger charge is 2.37. The van der Waals surface area contributed by atoms with Gasteiger partial charge in [0.15, 0.2) is 0 Å². The van der Waals surface area contributed by atoms with E-state index in [9.17, 15) is 20.0 Å². The number of thioether (sulfide) groups is 2. The van der Waals surface area contributed by atoms with E-state index < -0.39 is 16.8 Å². The molecule has 25 heavy (non-hydrogen) atoms. The van der Waals surface area contributed by atoms with E-state index >= 15 is 0 Å². The van der Waals surface area contributed by atoms with E-state index in [4.69, 9.17) is 0 Å². The molecule has 1 aromatic rings. The average Bonchev–Trinajstić information content (AvgIpc) is 2.55. The molecule has 0 spiro atoms. The molecule has 0 fully saturated rings. The third kappa shape index (κ3) is 3.55. The molecule has 2 N–H and O–H groups in total. The number of carboxylic acids is 1. The van der Waals surface area contributed by atoms with Crippen molar-refractivity contribution in [2.45, 2.75) is 19.3 Å². The number of carboxylic acid groups (broad SMARTS) is 1. The molecule has 1 aromatic carbocycles. The number of aliphatic carboxylic acids is 1. The van der Waals surface area contributed by atoms with Gasteiger partial charge < -0.3 is 10.4 Å². The molecule has 0 radical (unpaired) electrons. The second-order valence-electron chi connectivity index (χ2n) is 5.82. The van der Waals surface area contributed by atoms with Crippen molar-refractivity contribution < 1.29 is 14.8 Å². The standard InChI is InChI=1S/C17H18N2O4S2/c1-10-14(17(20)21)15(11-5-2-3-6-13(11)19(22)23)16-12(18-10)9-24-7-4-8-25-16/h2-3,5-6,15,18H,4,7-9H2,1H3,(H,20,21). The minimum absolute atomic E-state index is 0.0388. The molecule has 2 aliphatic rings. The number of para-hydroxylation sites is 1. The molecule has 1 unspecified atom stereocenters. The third-order valence-corrected chi connectivity index (χ3v) is 6.56. The van der Waals surface area contributed by atoms with Gasteiger partial charge in [0.25, 0.3) is 5.69 Å². The number of nitro benzene ring substituents is 1. The van der Waals surface area contributed by atoms with Gasteiger partial charge in [0.2, 0.25) is 0 Å². The van der Waals surface area contributed by atoms with Gasteiger partial charge in [0.05, 0.1) is 16.4 Å².